The molecule has 0 nitrogen and oxygen atoms in total. The van der Waals surface area contributed by atoms with Gasteiger partial charge in [-0.2, -0.15) is 0 Å². The molecule has 1 saturated carbocycles. The summed E-state index contributed by atoms with van der Waals surface area (Å²) in [7, 11) is 0. The molecule has 128 valence electrons. The van der Waals surface area contributed by atoms with E-state index in [1.165, 1.54) is 54.4 Å². The van der Waals surface area contributed by atoms with E-state index in [1.807, 2.05) is 0 Å². The molecule has 0 saturated heterocycles. The number of hydrogen-bond donors (Lipinski definition) is 0. The summed E-state index contributed by atoms with van der Waals surface area (Å²) in [5.74, 6) is 7.76. The molecule has 0 heterocycles. The fourth-order valence-corrected chi connectivity index (χ4v) is 3.82. The number of rotatable bonds is 2. The second-order valence-electron chi connectivity index (χ2n) is 7.06. The highest BCUT2D eigenvalue weighted by Crippen LogP contribution is 2.32. The topological polar surface area (TPSA) is 0 Å². The molecule has 0 heteroatoms. The van der Waals surface area contributed by atoms with Crippen LogP contribution in [0.2, 0.25) is 0 Å². The van der Waals surface area contributed by atoms with E-state index in [9.17, 15) is 0 Å². The summed E-state index contributed by atoms with van der Waals surface area (Å²) in [5.41, 5.74) is 6.09. The van der Waals surface area contributed by atoms with Gasteiger partial charge in [-0.25, -0.2) is 0 Å². The third kappa shape index (κ3) is 3.73. The van der Waals surface area contributed by atoms with Gasteiger partial charge >= 0.3 is 0 Å². The quantitative estimate of drug-likeness (QED) is 0.444. The second kappa shape index (κ2) is 8.07. The van der Waals surface area contributed by atoms with Crippen molar-refractivity contribution in [1.82, 2.24) is 0 Å². The highest BCUT2D eigenvalue weighted by Gasteiger charge is 2.12. The van der Waals surface area contributed by atoms with Gasteiger partial charge in [-0.1, -0.05) is 110 Å². The van der Waals surface area contributed by atoms with Gasteiger partial charge in [-0.3, -0.25) is 0 Å². The van der Waals surface area contributed by atoms with Gasteiger partial charge in [-0.15, -0.1) is 0 Å². The standard InChI is InChI=1S/C26H24/c1-4-11-21(12-5-1)19-20-26-24(22-13-6-2-7-14-22)17-10-18-25(26)23-15-8-3-9-16-23/h2-3,6-10,13-18,21H,1,4-5,11-12H2. The molecular weight excluding hydrogens is 312 g/mol. The lowest BCUT2D eigenvalue weighted by molar-refractivity contribution is 0.430. The Morgan fingerprint density at radius 1 is 0.577 bits per heavy atom. The highest BCUT2D eigenvalue weighted by atomic mass is 14.2. The van der Waals surface area contributed by atoms with Crippen LogP contribution in [0, 0.1) is 17.8 Å². The molecule has 1 aliphatic carbocycles. The van der Waals surface area contributed by atoms with Crippen LogP contribution in [0.3, 0.4) is 0 Å². The molecule has 0 amide bonds. The normalized spacial score (nSPS) is 14.5. The third-order valence-corrected chi connectivity index (χ3v) is 5.24. The number of hydrogen-bond acceptors (Lipinski definition) is 0. The van der Waals surface area contributed by atoms with E-state index in [1.54, 1.807) is 0 Å². The fourth-order valence-electron chi connectivity index (χ4n) is 3.82. The van der Waals surface area contributed by atoms with E-state index in [0.717, 1.165) is 5.56 Å². The monoisotopic (exact) mass is 336 g/mol. The first-order valence-corrected chi connectivity index (χ1v) is 9.67. The average Bonchev–Trinajstić information content (AvgIpc) is 2.74. The van der Waals surface area contributed by atoms with Crippen molar-refractivity contribution in [3.05, 3.63) is 84.4 Å². The maximum absolute atomic E-state index is 3.61. The summed E-state index contributed by atoms with van der Waals surface area (Å²) in [6, 6.07) is 27.8. The van der Waals surface area contributed by atoms with Crippen molar-refractivity contribution in [2.24, 2.45) is 5.92 Å². The van der Waals surface area contributed by atoms with E-state index in [0.29, 0.717) is 5.92 Å². The zero-order valence-corrected chi connectivity index (χ0v) is 15.1. The first-order chi connectivity index (χ1) is 12.9. The Morgan fingerprint density at radius 2 is 1.12 bits per heavy atom. The first-order valence-electron chi connectivity index (χ1n) is 9.67. The maximum Gasteiger partial charge on any atom is 0.0402 e. The third-order valence-electron chi connectivity index (χ3n) is 5.24. The Balaban J connectivity index is 1.83. The van der Waals surface area contributed by atoms with Crippen LogP contribution in [-0.4, -0.2) is 0 Å². The van der Waals surface area contributed by atoms with Gasteiger partial charge in [0.1, 0.15) is 0 Å². The van der Waals surface area contributed by atoms with Gasteiger partial charge < -0.3 is 0 Å². The summed E-state index contributed by atoms with van der Waals surface area (Å²) in [6.07, 6.45) is 6.52. The van der Waals surface area contributed by atoms with Gasteiger partial charge in [0.05, 0.1) is 0 Å². The SMILES string of the molecule is C(#CC1CCCCC1)c1c(-c2ccccc2)cccc1-c1ccccc1. The summed E-state index contributed by atoms with van der Waals surface area (Å²) in [6.45, 7) is 0. The minimum Gasteiger partial charge on any atom is -0.0944 e. The number of benzene rings is 3. The second-order valence-corrected chi connectivity index (χ2v) is 7.06. The van der Waals surface area contributed by atoms with Gasteiger partial charge in [0.25, 0.3) is 0 Å². The molecule has 1 aliphatic rings. The maximum atomic E-state index is 3.61. The molecule has 0 spiro atoms. The molecule has 0 radical (unpaired) electrons. The van der Waals surface area contributed by atoms with Crippen LogP contribution < -0.4 is 0 Å². The Bertz CT molecular complexity index is 847. The van der Waals surface area contributed by atoms with Crippen LogP contribution in [0.5, 0.6) is 0 Å². The first kappa shape index (κ1) is 16.7. The van der Waals surface area contributed by atoms with Gasteiger partial charge in [0.15, 0.2) is 0 Å². The van der Waals surface area contributed by atoms with Crippen molar-refractivity contribution < 1.29 is 0 Å². The molecule has 0 aromatic heterocycles. The summed E-state index contributed by atoms with van der Waals surface area (Å²) < 4.78 is 0. The van der Waals surface area contributed by atoms with Crippen molar-refractivity contribution >= 4 is 0 Å². The van der Waals surface area contributed by atoms with Crippen LogP contribution in [-0.2, 0) is 0 Å². The van der Waals surface area contributed by atoms with Crippen LogP contribution in [0.4, 0.5) is 0 Å². The molecule has 0 aliphatic heterocycles. The van der Waals surface area contributed by atoms with Crippen LogP contribution in [0.1, 0.15) is 37.7 Å². The van der Waals surface area contributed by atoms with Crippen molar-refractivity contribution in [2.75, 3.05) is 0 Å². The van der Waals surface area contributed by atoms with Crippen LogP contribution in [0.15, 0.2) is 78.9 Å². The zero-order chi connectivity index (χ0) is 17.6. The molecule has 3 aromatic carbocycles. The summed E-state index contributed by atoms with van der Waals surface area (Å²) >= 11 is 0. The van der Waals surface area contributed by atoms with Gasteiger partial charge in [0.2, 0.25) is 0 Å². The van der Waals surface area contributed by atoms with Gasteiger partial charge in [-0.05, 0) is 35.1 Å². The molecular formula is C26H24. The molecule has 3 aromatic rings. The summed E-state index contributed by atoms with van der Waals surface area (Å²) in [4.78, 5) is 0. The Labute approximate surface area is 156 Å². The van der Waals surface area contributed by atoms with Crippen molar-refractivity contribution in [3.63, 3.8) is 0 Å². The molecule has 4 rings (SSSR count). The van der Waals surface area contributed by atoms with Crippen molar-refractivity contribution in [3.8, 4) is 34.1 Å². The molecule has 0 N–H and O–H groups in total. The lowest BCUT2D eigenvalue weighted by Crippen LogP contribution is -2.03. The molecule has 0 unspecified atom stereocenters. The molecule has 0 atom stereocenters. The summed E-state index contributed by atoms with van der Waals surface area (Å²) in [5, 5.41) is 0. The average molecular weight is 336 g/mol. The van der Waals surface area contributed by atoms with Crippen molar-refractivity contribution in [2.45, 2.75) is 32.1 Å². The smallest absolute Gasteiger partial charge is 0.0402 e. The Morgan fingerprint density at radius 3 is 1.65 bits per heavy atom. The predicted octanol–water partition coefficient (Wildman–Crippen LogP) is 6.95. The van der Waals surface area contributed by atoms with Crippen LogP contribution >= 0.6 is 0 Å². The fraction of sp³-hybridized carbons (Fsp3) is 0.231. The zero-order valence-electron chi connectivity index (χ0n) is 15.1. The molecule has 1 fully saturated rings. The van der Waals surface area contributed by atoms with E-state index in [2.05, 4.69) is 90.7 Å². The molecule has 0 bridgehead atoms. The van der Waals surface area contributed by atoms with E-state index >= 15 is 0 Å². The van der Waals surface area contributed by atoms with E-state index < -0.39 is 0 Å². The highest BCUT2D eigenvalue weighted by molar-refractivity contribution is 5.82. The predicted molar refractivity (Wildman–Crippen MR) is 111 cm³/mol. The largest absolute Gasteiger partial charge is 0.0944 e. The Kier molecular flexibility index (Phi) is 5.17. The Hall–Kier alpha value is -2.78. The molecule has 26 heavy (non-hydrogen) atoms. The van der Waals surface area contributed by atoms with Crippen molar-refractivity contribution in [1.29, 1.82) is 0 Å². The lowest BCUT2D eigenvalue weighted by atomic mass is 9.88. The minimum atomic E-state index is 0.552. The van der Waals surface area contributed by atoms with Crippen LogP contribution in [0.25, 0.3) is 22.3 Å². The van der Waals surface area contributed by atoms with E-state index in [-0.39, 0.29) is 0 Å². The minimum absolute atomic E-state index is 0.552. The van der Waals surface area contributed by atoms with E-state index in [4.69, 9.17) is 0 Å². The van der Waals surface area contributed by atoms with Gasteiger partial charge in [0, 0.05) is 11.5 Å². The lowest BCUT2D eigenvalue weighted by Gasteiger charge is -2.16.